The molecule has 0 unspecified atom stereocenters. The number of halogens is 2. The number of thiophene rings is 1. The Bertz CT molecular complexity index is 258. The van der Waals surface area contributed by atoms with E-state index in [0.717, 1.165) is 9.35 Å². The Kier molecular flexibility index (Phi) is 2.88. The van der Waals surface area contributed by atoms with E-state index in [1.165, 1.54) is 11.3 Å². The predicted octanol–water partition coefficient (Wildman–Crippen LogP) is 3.04. The fourth-order valence-corrected chi connectivity index (χ4v) is 2.17. The number of nitrogens with zero attached hydrogens (tertiary/aromatic N) is 1. The van der Waals surface area contributed by atoms with Crippen LogP contribution in [-0.4, -0.2) is 9.83 Å². The smallest absolute Gasteiger partial charge is 0.162 e. The Hall–Kier alpha value is 0.130. The summed E-state index contributed by atoms with van der Waals surface area (Å²) in [5, 5.41) is 13.2. The SMILES string of the molecule is O/N=C(\Br)c1cc(Br)cs1. The maximum absolute atomic E-state index is 8.33. The van der Waals surface area contributed by atoms with Gasteiger partial charge in [0.2, 0.25) is 0 Å². The van der Waals surface area contributed by atoms with E-state index >= 15 is 0 Å². The highest BCUT2D eigenvalue weighted by molar-refractivity contribution is 9.18. The quantitative estimate of drug-likeness (QED) is 0.480. The molecule has 5 heteroatoms. The lowest BCUT2D eigenvalue weighted by Crippen LogP contribution is -1.82. The summed E-state index contributed by atoms with van der Waals surface area (Å²) in [5.74, 6) is 0. The molecule has 0 aliphatic carbocycles. The summed E-state index contributed by atoms with van der Waals surface area (Å²) in [5.41, 5.74) is 0. The Morgan fingerprint density at radius 1 is 1.70 bits per heavy atom. The Labute approximate surface area is 78.8 Å². The van der Waals surface area contributed by atoms with Gasteiger partial charge in [0.25, 0.3) is 0 Å². The van der Waals surface area contributed by atoms with E-state index in [2.05, 4.69) is 37.0 Å². The fraction of sp³-hybridized carbons (Fsp3) is 0. The van der Waals surface area contributed by atoms with E-state index in [1.807, 2.05) is 11.4 Å². The summed E-state index contributed by atoms with van der Waals surface area (Å²) in [6.45, 7) is 0. The van der Waals surface area contributed by atoms with Crippen molar-refractivity contribution in [2.24, 2.45) is 5.16 Å². The van der Waals surface area contributed by atoms with Crippen LogP contribution < -0.4 is 0 Å². The molecule has 0 aliphatic rings. The van der Waals surface area contributed by atoms with Gasteiger partial charge in [-0.15, -0.1) is 11.3 Å². The standard InChI is InChI=1S/C5H3Br2NOS/c6-3-1-4(10-2-3)5(7)8-9/h1-2,9H/b8-5-. The van der Waals surface area contributed by atoms with Crippen LogP contribution in [0.3, 0.4) is 0 Å². The van der Waals surface area contributed by atoms with Gasteiger partial charge in [0.05, 0.1) is 4.88 Å². The minimum atomic E-state index is 0.461. The zero-order valence-electron chi connectivity index (χ0n) is 4.71. The molecular weight excluding hydrogens is 282 g/mol. The summed E-state index contributed by atoms with van der Waals surface area (Å²) in [6, 6.07) is 1.87. The van der Waals surface area contributed by atoms with Crippen molar-refractivity contribution in [2.75, 3.05) is 0 Å². The van der Waals surface area contributed by atoms with Crippen molar-refractivity contribution in [1.82, 2.24) is 0 Å². The molecule has 0 saturated carbocycles. The van der Waals surface area contributed by atoms with Crippen LogP contribution in [0.25, 0.3) is 0 Å². The molecular formula is C5H3Br2NOS. The summed E-state index contributed by atoms with van der Waals surface area (Å²) in [7, 11) is 0. The van der Waals surface area contributed by atoms with E-state index in [1.54, 1.807) is 0 Å². The first-order chi connectivity index (χ1) is 4.74. The van der Waals surface area contributed by atoms with E-state index in [-0.39, 0.29) is 0 Å². The molecule has 1 N–H and O–H groups in total. The van der Waals surface area contributed by atoms with Crippen LogP contribution in [0, 0.1) is 0 Å². The lowest BCUT2D eigenvalue weighted by Gasteiger charge is -1.85. The number of hydrogen-bond acceptors (Lipinski definition) is 3. The van der Waals surface area contributed by atoms with Crippen LogP contribution in [0.5, 0.6) is 0 Å². The second kappa shape index (κ2) is 3.50. The molecule has 0 saturated heterocycles. The van der Waals surface area contributed by atoms with E-state index in [0.29, 0.717) is 4.62 Å². The second-order valence-electron chi connectivity index (χ2n) is 1.52. The molecule has 0 radical (unpaired) electrons. The van der Waals surface area contributed by atoms with Crippen molar-refractivity contribution in [3.8, 4) is 0 Å². The highest BCUT2D eigenvalue weighted by Crippen LogP contribution is 2.21. The van der Waals surface area contributed by atoms with Gasteiger partial charge < -0.3 is 5.21 Å². The Balaban J connectivity index is 2.95. The third kappa shape index (κ3) is 1.81. The molecule has 0 spiro atoms. The summed E-state index contributed by atoms with van der Waals surface area (Å²) in [4.78, 5) is 0.898. The lowest BCUT2D eigenvalue weighted by atomic mass is 10.5. The molecule has 1 rings (SSSR count). The van der Waals surface area contributed by atoms with Gasteiger partial charge in [0, 0.05) is 9.85 Å². The molecule has 1 heterocycles. The molecule has 10 heavy (non-hydrogen) atoms. The monoisotopic (exact) mass is 283 g/mol. The van der Waals surface area contributed by atoms with E-state index in [9.17, 15) is 0 Å². The van der Waals surface area contributed by atoms with Crippen molar-refractivity contribution in [2.45, 2.75) is 0 Å². The molecule has 0 amide bonds. The minimum absolute atomic E-state index is 0.461. The second-order valence-corrected chi connectivity index (χ2v) is 4.10. The van der Waals surface area contributed by atoms with Crippen molar-refractivity contribution in [3.05, 3.63) is 20.8 Å². The van der Waals surface area contributed by atoms with Crippen LogP contribution in [0.1, 0.15) is 4.88 Å². The van der Waals surface area contributed by atoms with Gasteiger partial charge in [0.15, 0.2) is 4.62 Å². The molecule has 0 atom stereocenters. The summed E-state index contributed by atoms with van der Waals surface area (Å²) >= 11 is 7.87. The molecule has 54 valence electrons. The van der Waals surface area contributed by atoms with E-state index < -0.39 is 0 Å². The van der Waals surface area contributed by atoms with Crippen LogP contribution in [0.15, 0.2) is 21.1 Å². The fourth-order valence-electron chi connectivity index (χ4n) is 0.471. The van der Waals surface area contributed by atoms with Crippen LogP contribution in [-0.2, 0) is 0 Å². The highest BCUT2D eigenvalue weighted by atomic mass is 79.9. The van der Waals surface area contributed by atoms with Gasteiger partial charge in [-0.3, -0.25) is 0 Å². The van der Waals surface area contributed by atoms with Gasteiger partial charge in [0.1, 0.15) is 0 Å². The van der Waals surface area contributed by atoms with Crippen LogP contribution in [0.4, 0.5) is 0 Å². The van der Waals surface area contributed by atoms with Crippen LogP contribution >= 0.6 is 43.2 Å². The Morgan fingerprint density at radius 3 is 2.80 bits per heavy atom. The number of rotatable bonds is 1. The molecule has 2 nitrogen and oxygen atoms in total. The first-order valence-corrected chi connectivity index (χ1v) is 4.82. The van der Waals surface area contributed by atoms with Gasteiger partial charge >= 0.3 is 0 Å². The molecule has 0 aliphatic heterocycles. The maximum Gasteiger partial charge on any atom is 0.162 e. The summed E-state index contributed by atoms with van der Waals surface area (Å²) in [6.07, 6.45) is 0. The van der Waals surface area contributed by atoms with Crippen molar-refractivity contribution >= 4 is 47.8 Å². The normalized spacial score (nSPS) is 12.0. The van der Waals surface area contributed by atoms with Crippen molar-refractivity contribution in [1.29, 1.82) is 0 Å². The predicted molar refractivity (Wildman–Crippen MR) is 49.3 cm³/mol. The van der Waals surface area contributed by atoms with Crippen molar-refractivity contribution in [3.63, 3.8) is 0 Å². The molecule has 1 aromatic heterocycles. The zero-order valence-corrected chi connectivity index (χ0v) is 8.70. The highest BCUT2D eigenvalue weighted by Gasteiger charge is 2.01. The topological polar surface area (TPSA) is 32.6 Å². The first kappa shape index (κ1) is 8.23. The molecule has 0 fully saturated rings. The largest absolute Gasteiger partial charge is 0.410 e. The molecule has 1 aromatic rings. The average molecular weight is 285 g/mol. The third-order valence-electron chi connectivity index (χ3n) is 0.859. The van der Waals surface area contributed by atoms with Gasteiger partial charge in [-0.25, -0.2) is 0 Å². The van der Waals surface area contributed by atoms with Crippen LogP contribution in [0.2, 0.25) is 0 Å². The minimum Gasteiger partial charge on any atom is -0.410 e. The average Bonchev–Trinajstić information content (AvgIpc) is 2.34. The summed E-state index contributed by atoms with van der Waals surface area (Å²) < 4.78 is 1.45. The number of hydrogen-bond donors (Lipinski definition) is 1. The first-order valence-electron chi connectivity index (χ1n) is 2.36. The van der Waals surface area contributed by atoms with Gasteiger partial charge in [-0.05, 0) is 37.9 Å². The molecule has 0 bridgehead atoms. The maximum atomic E-state index is 8.33. The van der Waals surface area contributed by atoms with E-state index in [4.69, 9.17) is 5.21 Å². The number of oxime groups is 1. The Morgan fingerprint density at radius 2 is 2.40 bits per heavy atom. The van der Waals surface area contributed by atoms with Gasteiger partial charge in [-0.2, -0.15) is 0 Å². The molecule has 0 aromatic carbocycles. The van der Waals surface area contributed by atoms with Crippen molar-refractivity contribution < 1.29 is 5.21 Å². The third-order valence-corrected chi connectivity index (χ3v) is 3.40. The zero-order chi connectivity index (χ0) is 7.56. The van der Waals surface area contributed by atoms with Gasteiger partial charge in [-0.1, -0.05) is 5.16 Å². The lowest BCUT2D eigenvalue weighted by molar-refractivity contribution is 0.321.